The van der Waals surface area contributed by atoms with E-state index < -0.39 is 10.0 Å². The summed E-state index contributed by atoms with van der Waals surface area (Å²) in [6.07, 6.45) is 0.887. The number of hydrogen-bond acceptors (Lipinski definition) is 2. The average molecular weight is 354 g/mol. The van der Waals surface area contributed by atoms with Crippen LogP contribution >= 0.6 is 15.9 Å². The molecule has 3 nitrogen and oxygen atoms in total. The standard InChI is InChI=1S/C15H16BrNO2S/c16-11-10-13-6-8-15(9-7-13)20(18,19)17-12-14-4-2-1-3-5-14/h1-9,17H,10-12H2. The smallest absolute Gasteiger partial charge is 0.207 e. The molecule has 0 saturated heterocycles. The molecule has 0 spiro atoms. The lowest BCUT2D eigenvalue weighted by atomic mass is 10.2. The summed E-state index contributed by atoms with van der Waals surface area (Å²) in [5.41, 5.74) is 2.05. The zero-order chi connectivity index (χ0) is 14.4. The van der Waals surface area contributed by atoms with Gasteiger partial charge in [0, 0.05) is 11.9 Å². The predicted molar refractivity (Wildman–Crippen MR) is 84.4 cm³/mol. The number of hydrogen-bond donors (Lipinski definition) is 1. The number of nitrogens with one attached hydrogen (secondary N) is 1. The van der Waals surface area contributed by atoms with Gasteiger partial charge in [-0.25, -0.2) is 13.1 Å². The van der Waals surface area contributed by atoms with Crippen LogP contribution in [0.4, 0.5) is 0 Å². The normalized spacial score (nSPS) is 11.4. The summed E-state index contributed by atoms with van der Waals surface area (Å²) in [4.78, 5) is 0.298. The number of halogens is 1. The molecule has 1 N–H and O–H groups in total. The van der Waals surface area contributed by atoms with E-state index in [4.69, 9.17) is 0 Å². The fraction of sp³-hybridized carbons (Fsp3) is 0.200. The fourth-order valence-corrected chi connectivity index (χ4v) is 3.28. The van der Waals surface area contributed by atoms with Crippen molar-refractivity contribution in [1.29, 1.82) is 0 Å². The molecule has 20 heavy (non-hydrogen) atoms. The summed E-state index contributed by atoms with van der Waals surface area (Å²) in [5.74, 6) is 0. The molecule has 0 atom stereocenters. The van der Waals surface area contributed by atoms with Crippen LogP contribution < -0.4 is 4.72 Å². The number of rotatable bonds is 6. The van der Waals surface area contributed by atoms with Crippen LogP contribution in [0.3, 0.4) is 0 Å². The second-order valence-electron chi connectivity index (χ2n) is 4.39. The lowest BCUT2D eigenvalue weighted by Crippen LogP contribution is -2.23. The number of alkyl halides is 1. The molecular weight excluding hydrogens is 338 g/mol. The molecule has 2 aromatic carbocycles. The Morgan fingerprint density at radius 3 is 2.15 bits per heavy atom. The van der Waals surface area contributed by atoms with Crippen LogP contribution in [0.1, 0.15) is 11.1 Å². The van der Waals surface area contributed by atoms with Gasteiger partial charge in [0.15, 0.2) is 0 Å². The molecule has 2 aromatic rings. The molecule has 0 heterocycles. The largest absolute Gasteiger partial charge is 0.240 e. The molecule has 0 fully saturated rings. The minimum absolute atomic E-state index is 0.298. The van der Waals surface area contributed by atoms with E-state index in [1.54, 1.807) is 12.1 Å². The van der Waals surface area contributed by atoms with E-state index >= 15 is 0 Å². The number of aryl methyl sites for hydroxylation is 1. The Morgan fingerprint density at radius 1 is 0.900 bits per heavy atom. The minimum Gasteiger partial charge on any atom is -0.207 e. The Kier molecular flexibility index (Phi) is 5.34. The van der Waals surface area contributed by atoms with Gasteiger partial charge < -0.3 is 0 Å². The highest BCUT2D eigenvalue weighted by atomic mass is 79.9. The third kappa shape index (κ3) is 4.16. The predicted octanol–water partition coefficient (Wildman–Crippen LogP) is 3.10. The highest BCUT2D eigenvalue weighted by molar-refractivity contribution is 9.09. The van der Waals surface area contributed by atoms with Crippen molar-refractivity contribution in [2.75, 3.05) is 5.33 Å². The Morgan fingerprint density at radius 2 is 1.55 bits per heavy atom. The molecule has 0 aromatic heterocycles. The summed E-state index contributed by atoms with van der Waals surface area (Å²) in [6.45, 7) is 0.298. The first-order valence-electron chi connectivity index (χ1n) is 6.30. The Labute approximate surface area is 128 Å². The van der Waals surface area contributed by atoms with E-state index in [-0.39, 0.29) is 0 Å². The monoisotopic (exact) mass is 353 g/mol. The molecule has 0 aliphatic heterocycles. The minimum atomic E-state index is -3.45. The summed E-state index contributed by atoms with van der Waals surface area (Å²) in [6, 6.07) is 16.4. The van der Waals surface area contributed by atoms with Crippen molar-refractivity contribution >= 4 is 26.0 Å². The maximum atomic E-state index is 12.2. The molecule has 0 radical (unpaired) electrons. The van der Waals surface area contributed by atoms with Gasteiger partial charge in [-0.1, -0.05) is 58.4 Å². The van der Waals surface area contributed by atoms with Crippen molar-refractivity contribution in [3.05, 3.63) is 65.7 Å². The zero-order valence-electron chi connectivity index (χ0n) is 10.9. The third-order valence-electron chi connectivity index (χ3n) is 2.93. The van der Waals surface area contributed by atoms with Crippen LogP contribution in [-0.4, -0.2) is 13.7 Å². The summed E-state index contributed by atoms with van der Waals surface area (Å²) in [7, 11) is -3.45. The first-order valence-corrected chi connectivity index (χ1v) is 8.91. The van der Waals surface area contributed by atoms with E-state index in [1.165, 1.54) is 0 Å². The number of sulfonamides is 1. The van der Waals surface area contributed by atoms with Gasteiger partial charge in [0.1, 0.15) is 0 Å². The molecule has 2 rings (SSSR count). The molecule has 106 valence electrons. The first-order chi connectivity index (χ1) is 9.62. The Balaban J connectivity index is 2.06. The van der Waals surface area contributed by atoms with E-state index in [1.807, 2.05) is 42.5 Å². The third-order valence-corrected chi connectivity index (χ3v) is 4.74. The molecule has 0 amide bonds. The Hall–Kier alpha value is -1.17. The van der Waals surface area contributed by atoms with Crippen molar-refractivity contribution in [2.24, 2.45) is 0 Å². The van der Waals surface area contributed by atoms with Gasteiger partial charge >= 0.3 is 0 Å². The molecule has 0 unspecified atom stereocenters. The van der Waals surface area contributed by atoms with Crippen LogP contribution in [-0.2, 0) is 23.0 Å². The quantitative estimate of drug-likeness (QED) is 0.811. The molecule has 0 saturated carbocycles. The lowest BCUT2D eigenvalue weighted by molar-refractivity contribution is 0.581. The van der Waals surface area contributed by atoms with Crippen LogP contribution in [0.25, 0.3) is 0 Å². The van der Waals surface area contributed by atoms with Gasteiger partial charge in [-0.3, -0.25) is 0 Å². The second kappa shape index (κ2) is 7.02. The molecular formula is C15H16BrNO2S. The van der Waals surface area contributed by atoms with E-state index in [0.717, 1.165) is 22.9 Å². The summed E-state index contributed by atoms with van der Waals surface area (Å²) < 4.78 is 26.9. The molecule has 5 heteroatoms. The van der Waals surface area contributed by atoms with Crippen molar-refractivity contribution in [3.8, 4) is 0 Å². The first kappa shape index (κ1) is 15.2. The van der Waals surface area contributed by atoms with E-state index in [0.29, 0.717) is 11.4 Å². The van der Waals surface area contributed by atoms with Crippen molar-refractivity contribution in [2.45, 2.75) is 17.9 Å². The van der Waals surface area contributed by atoms with Crippen molar-refractivity contribution in [1.82, 2.24) is 4.72 Å². The molecule has 0 bridgehead atoms. The van der Waals surface area contributed by atoms with Gasteiger partial charge in [0.2, 0.25) is 10.0 Å². The molecule has 0 aliphatic carbocycles. The van der Waals surface area contributed by atoms with E-state index in [2.05, 4.69) is 20.7 Å². The Bertz CT molecular complexity index is 639. The SMILES string of the molecule is O=S(=O)(NCc1ccccc1)c1ccc(CCBr)cc1. The van der Waals surface area contributed by atoms with Gasteiger partial charge in [0.05, 0.1) is 4.90 Å². The van der Waals surface area contributed by atoms with Crippen LogP contribution in [0.15, 0.2) is 59.5 Å². The van der Waals surface area contributed by atoms with Gasteiger partial charge in [0.25, 0.3) is 0 Å². The molecule has 0 aliphatic rings. The van der Waals surface area contributed by atoms with Crippen LogP contribution in [0, 0.1) is 0 Å². The maximum Gasteiger partial charge on any atom is 0.240 e. The highest BCUT2D eigenvalue weighted by Gasteiger charge is 2.13. The highest BCUT2D eigenvalue weighted by Crippen LogP contribution is 2.12. The average Bonchev–Trinajstić information content (AvgIpc) is 2.47. The second-order valence-corrected chi connectivity index (χ2v) is 6.95. The van der Waals surface area contributed by atoms with Crippen LogP contribution in [0.5, 0.6) is 0 Å². The number of benzene rings is 2. The zero-order valence-corrected chi connectivity index (χ0v) is 13.3. The van der Waals surface area contributed by atoms with Crippen molar-refractivity contribution in [3.63, 3.8) is 0 Å². The van der Waals surface area contributed by atoms with E-state index in [9.17, 15) is 8.42 Å². The summed E-state index contributed by atoms with van der Waals surface area (Å²) >= 11 is 3.36. The maximum absolute atomic E-state index is 12.2. The van der Waals surface area contributed by atoms with Crippen molar-refractivity contribution < 1.29 is 8.42 Å². The van der Waals surface area contributed by atoms with Gasteiger partial charge in [-0.2, -0.15) is 0 Å². The van der Waals surface area contributed by atoms with Crippen LogP contribution in [0.2, 0.25) is 0 Å². The van der Waals surface area contributed by atoms with Gasteiger partial charge in [-0.15, -0.1) is 0 Å². The topological polar surface area (TPSA) is 46.2 Å². The lowest BCUT2D eigenvalue weighted by Gasteiger charge is -2.07. The summed E-state index contributed by atoms with van der Waals surface area (Å²) in [5, 5.41) is 0.866. The van der Waals surface area contributed by atoms with Gasteiger partial charge in [-0.05, 0) is 29.7 Å². The fourth-order valence-electron chi connectivity index (χ4n) is 1.80.